The summed E-state index contributed by atoms with van der Waals surface area (Å²) in [6.45, 7) is 2.88. The van der Waals surface area contributed by atoms with Gasteiger partial charge in [-0.1, -0.05) is 0 Å². The molecule has 5 heteroatoms. The van der Waals surface area contributed by atoms with Gasteiger partial charge in [0, 0.05) is 49.7 Å². The summed E-state index contributed by atoms with van der Waals surface area (Å²) in [5, 5.41) is 7.71. The largest absolute Gasteiger partial charge is 0.381 e. The molecule has 1 aliphatic rings. The van der Waals surface area contributed by atoms with E-state index in [-0.39, 0.29) is 0 Å². The Morgan fingerprint density at radius 3 is 3.06 bits per heavy atom. The van der Waals surface area contributed by atoms with E-state index in [4.69, 9.17) is 4.74 Å². The van der Waals surface area contributed by atoms with E-state index in [0.29, 0.717) is 6.04 Å². The quantitative estimate of drug-likeness (QED) is 0.622. The molecule has 0 spiro atoms. The minimum atomic E-state index is 0.656. The number of rotatable bonds is 5. The summed E-state index contributed by atoms with van der Waals surface area (Å²) in [6, 6.07) is 0.656. The molecule has 0 radical (unpaired) electrons. The number of thioether (sulfide) groups is 1. The Morgan fingerprint density at radius 2 is 2.38 bits per heavy atom. The third-order valence-electron chi connectivity index (χ3n) is 2.71. The normalized spacial score (nSPS) is 17.8. The molecule has 0 unspecified atom stereocenters. The van der Waals surface area contributed by atoms with E-state index in [1.165, 1.54) is 4.90 Å². The maximum atomic E-state index is 5.32. The van der Waals surface area contributed by atoms with Crippen LogP contribution in [-0.4, -0.2) is 41.3 Å². The van der Waals surface area contributed by atoms with Gasteiger partial charge in [-0.15, -0.1) is 11.8 Å². The van der Waals surface area contributed by atoms with E-state index in [1.807, 2.05) is 29.7 Å². The first-order valence-corrected chi connectivity index (χ1v) is 6.76. The first-order chi connectivity index (χ1) is 7.84. The minimum absolute atomic E-state index is 0.656. The smallest absolute Gasteiger partial charge is 0.0625 e. The zero-order valence-electron chi connectivity index (χ0n) is 9.69. The van der Waals surface area contributed by atoms with Crippen LogP contribution in [0.4, 0.5) is 0 Å². The monoisotopic (exact) mass is 241 g/mol. The van der Waals surface area contributed by atoms with Gasteiger partial charge < -0.3 is 10.1 Å². The maximum absolute atomic E-state index is 5.32. The van der Waals surface area contributed by atoms with Gasteiger partial charge in [0.25, 0.3) is 0 Å². The van der Waals surface area contributed by atoms with Crippen LogP contribution in [0.3, 0.4) is 0 Å². The molecule has 0 amide bonds. The molecule has 0 saturated carbocycles. The van der Waals surface area contributed by atoms with Crippen molar-refractivity contribution >= 4 is 11.8 Å². The third kappa shape index (κ3) is 3.81. The van der Waals surface area contributed by atoms with Crippen molar-refractivity contribution in [2.45, 2.75) is 23.8 Å². The van der Waals surface area contributed by atoms with Crippen LogP contribution in [0.2, 0.25) is 0 Å². The zero-order chi connectivity index (χ0) is 11.2. The van der Waals surface area contributed by atoms with Crippen LogP contribution in [0, 0.1) is 0 Å². The summed E-state index contributed by atoms with van der Waals surface area (Å²) in [6.07, 6.45) is 6.27. The van der Waals surface area contributed by atoms with Crippen molar-refractivity contribution in [3.63, 3.8) is 0 Å². The predicted octanol–water partition coefficient (Wildman–Crippen LogP) is 1.28. The van der Waals surface area contributed by atoms with E-state index in [0.717, 1.165) is 38.4 Å². The average Bonchev–Trinajstić information content (AvgIpc) is 2.72. The first kappa shape index (κ1) is 12.0. The molecule has 90 valence electrons. The van der Waals surface area contributed by atoms with Gasteiger partial charge in [-0.05, 0) is 12.8 Å². The van der Waals surface area contributed by atoms with E-state index < -0.39 is 0 Å². The molecule has 1 aromatic heterocycles. The minimum Gasteiger partial charge on any atom is -0.381 e. The highest BCUT2D eigenvalue weighted by Gasteiger charge is 2.12. The van der Waals surface area contributed by atoms with Crippen molar-refractivity contribution in [1.82, 2.24) is 15.1 Å². The number of hydrogen-bond donors (Lipinski definition) is 1. The SMILES string of the molecule is Cn1cc(SCCNC2CCOCC2)cn1. The molecule has 0 atom stereocenters. The van der Waals surface area contributed by atoms with Gasteiger partial charge in [-0.2, -0.15) is 5.10 Å². The number of nitrogens with one attached hydrogen (secondary N) is 1. The lowest BCUT2D eigenvalue weighted by atomic mass is 10.1. The number of hydrogen-bond acceptors (Lipinski definition) is 4. The molecule has 1 aromatic rings. The second-order valence-electron chi connectivity index (χ2n) is 4.04. The molecule has 0 aliphatic carbocycles. The lowest BCUT2D eigenvalue weighted by molar-refractivity contribution is 0.0786. The molecule has 1 N–H and O–H groups in total. The fourth-order valence-corrected chi connectivity index (χ4v) is 2.61. The number of aryl methyl sites for hydroxylation is 1. The summed E-state index contributed by atoms with van der Waals surface area (Å²) in [7, 11) is 1.95. The Labute approximate surface area is 101 Å². The van der Waals surface area contributed by atoms with E-state index in [9.17, 15) is 0 Å². The van der Waals surface area contributed by atoms with Crippen LogP contribution >= 0.6 is 11.8 Å². The molecule has 16 heavy (non-hydrogen) atoms. The van der Waals surface area contributed by atoms with E-state index in [1.54, 1.807) is 0 Å². The van der Waals surface area contributed by atoms with Gasteiger partial charge in [0.2, 0.25) is 0 Å². The number of ether oxygens (including phenoxy) is 1. The van der Waals surface area contributed by atoms with E-state index in [2.05, 4.69) is 16.6 Å². The standard InChI is InChI=1S/C11H19N3OS/c1-14-9-11(8-13-14)16-7-4-12-10-2-5-15-6-3-10/h8-10,12H,2-7H2,1H3. The van der Waals surface area contributed by atoms with Gasteiger partial charge in [-0.25, -0.2) is 0 Å². The summed E-state index contributed by atoms with van der Waals surface area (Å²) in [5.74, 6) is 1.10. The number of nitrogens with zero attached hydrogens (tertiary/aromatic N) is 2. The molecule has 0 aromatic carbocycles. The Kier molecular flexibility index (Phi) is 4.69. The Balaban J connectivity index is 1.57. The highest BCUT2D eigenvalue weighted by molar-refractivity contribution is 7.99. The maximum Gasteiger partial charge on any atom is 0.0625 e. The van der Waals surface area contributed by atoms with Crippen molar-refractivity contribution in [3.8, 4) is 0 Å². The van der Waals surface area contributed by atoms with Crippen LogP contribution < -0.4 is 5.32 Å². The van der Waals surface area contributed by atoms with Crippen molar-refractivity contribution in [2.24, 2.45) is 7.05 Å². The predicted molar refractivity (Wildman–Crippen MR) is 65.8 cm³/mol. The van der Waals surface area contributed by atoms with Crippen molar-refractivity contribution < 1.29 is 4.74 Å². The first-order valence-electron chi connectivity index (χ1n) is 5.77. The summed E-state index contributed by atoms with van der Waals surface area (Å²) in [5.41, 5.74) is 0. The molecule has 1 saturated heterocycles. The summed E-state index contributed by atoms with van der Waals surface area (Å²) in [4.78, 5) is 1.25. The van der Waals surface area contributed by atoms with E-state index >= 15 is 0 Å². The highest BCUT2D eigenvalue weighted by Crippen LogP contribution is 2.15. The van der Waals surface area contributed by atoms with Crippen molar-refractivity contribution in [1.29, 1.82) is 0 Å². The molecule has 2 rings (SSSR count). The fraction of sp³-hybridized carbons (Fsp3) is 0.727. The van der Waals surface area contributed by atoms with Crippen LogP contribution in [0.1, 0.15) is 12.8 Å². The highest BCUT2D eigenvalue weighted by atomic mass is 32.2. The lowest BCUT2D eigenvalue weighted by Gasteiger charge is -2.22. The average molecular weight is 241 g/mol. The zero-order valence-corrected chi connectivity index (χ0v) is 10.5. The lowest BCUT2D eigenvalue weighted by Crippen LogP contribution is -2.35. The topological polar surface area (TPSA) is 39.1 Å². The van der Waals surface area contributed by atoms with Gasteiger partial charge in [0.05, 0.1) is 6.20 Å². The van der Waals surface area contributed by atoms with Crippen molar-refractivity contribution in [2.75, 3.05) is 25.5 Å². The van der Waals surface area contributed by atoms with Gasteiger partial charge >= 0.3 is 0 Å². The van der Waals surface area contributed by atoms with Gasteiger partial charge in [0.15, 0.2) is 0 Å². The molecular formula is C11H19N3OS. The van der Waals surface area contributed by atoms with Crippen LogP contribution in [0.5, 0.6) is 0 Å². The second-order valence-corrected chi connectivity index (χ2v) is 5.21. The molecule has 1 fully saturated rings. The Hall–Kier alpha value is -0.520. The third-order valence-corrected chi connectivity index (χ3v) is 3.66. The molecule has 0 bridgehead atoms. The molecule has 2 heterocycles. The number of aromatic nitrogens is 2. The Bertz CT molecular complexity index is 310. The van der Waals surface area contributed by atoms with Gasteiger partial charge in [0.1, 0.15) is 0 Å². The second kappa shape index (κ2) is 6.27. The fourth-order valence-electron chi connectivity index (χ4n) is 1.81. The van der Waals surface area contributed by atoms with Gasteiger partial charge in [-0.3, -0.25) is 4.68 Å². The summed E-state index contributed by atoms with van der Waals surface area (Å²) >= 11 is 1.85. The summed E-state index contributed by atoms with van der Waals surface area (Å²) < 4.78 is 7.16. The van der Waals surface area contributed by atoms with Crippen LogP contribution in [0.25, 0.3) is 0 Å². The van der Waals surface area contributed by atoms with Crippen LogP contribution in [-0.2, 0) is 11.8 Å². The molecule has 1 aliphatic heterocycles. The molecular weight excluding hydrogens is 222 g/mol. The van der Waals surface area contributed by atoms with Crippen molar-refractivity contribution in [3.05, 3.63) is 12.4 Å². The molecule has 4 nitrogen and oxygen atoms in total. The van der Waals surface area contributed by atoms with Crippen LogP contribution in [0.15, 0.2) is 17.3 Å². The Morgan fingerprint density at radius 1 is 1.56 bits per heavy atom.